The van der Waals surface area contributed by atoms with E-state index in [1.165, 1.54) is 29.3 Å². The number of pyridine rings is 1. The van der Waals surface area contributed by atoms with Gasteiger partial charge in [-0.15, -0.1) is 0 Å². The Balaban J connectivity index is 1.83. The maximum Gasteiger partial charge on any atom is 0.326 e. The van der Waals surface area contributed by atoms with Gasteiger partial charge in [0.1, 0.15) is 11.9 Å². The fourth-order valence-electron chi connectivity index (χ4n) is 3.09. The molecule has 1 aromatic carbocycles. The number of aliphatic carboxylic acids is 1. The first-order valence-electron chi connectivity index (χ1n) is 8.11. The zero-order chi connectivity index (χ0) is 18.8. The third-order valence-corrected chi connectivity index (χ3v) is 4.52. The van der Waals surface area contributed by atoms with Crippen LogP contribution in [0.4, 0.5) is 9.18 Å². The first-order valence-corrected chi connectivity index (χ1v) is 8.11. The number of nitrogens with one attached hydrogen (secondary N) is 2. The van der Waals surface area contributed by atoms with E-state index >= 15 is 0 Å². The Morgan fingerprint density at radius 2 is 2.15 bits per heavy atom. The van der Waals surface area contributed by atoms with Crippen molar-refractivity contribution < 1.29 is 19.1 Å². The number of halogens is 1. The normalized spacial score (nSPS) is 17.3. The molecule has 0 fully saturated rings. The van der Waals surface area contributed by atoms with Crippen LogP contribution in [0.1, 0.15) is 29.7 Å². The molecule has 2 aromatic rings. The zero-order valence-electron chi connectivity index (χ0n) is 14.0. The predicted molar refractivity (Wildman–Crippen MR) is 91.1 cm³/mol. The summed E-state index contributed by atoms with van der Waals surface area (Å²) in [4.78, 5) is 39.3. The molecule has 0 bridgehead atoms. The number of aromatic nitrogens is 1. The van der Waals surface area contributed by atoms with Gasteiger partial charge < -0.3 is 20.3 Å². The number of amides is 2. The van der Waals surface area contributed by atoms with E-state index < -0.39 is 29.9 Å². The molecule has 3 rings (SSSR count). The molecular formula is C18H18FN3O4. The smallest absolute Gasteiger partial charge is 0.326 e. The number of urea groups is 1. The Labute approximate surface area is 148 Å². The Morgan fingerprint density at radius 1 is 1.38 bits per heavy atom. The van der Waals surface area contributed by atoms with E-state index in [1.54, 1.807) is 19.1 Å². The number of rotatable bonds is 3. The number of nitrogens with zero attached hydrogens (tertiary/aromatic N) is 1. The lowest BCUT2D eigenvalue weighted by Crippen LogP contribution is -2.52. The van der Waals surface area contributed by atoms with Gasteiger partial charge in [-0.05, 0) is 35.7 Å². The number of carbonyl (C=O) groups excluding carboxylic acids is 1. The standard InChI is InChI=1S/C18H18FN3O4/c1-10(11-5-6-20-16(23)7-11)21-18(26)22-9-12-3-2-4-14(19)13(12)8-15(22)17(24)25/h2-7,10,15H,8-9H2,1H3,(H,20,23)(H,21,26)(H,24,25). The quantitative estimate of drug-likeness (QED) is 0.777. The van der Waals surface area contributed by atoms with Gasteiger partial charge in [-0.3, -0.25) is 4.79 Å². The van der Waals surface area contributed by atoms with E-state index in [1.807, 2.05) is 0 Å². The highest BCUT2D eigenvalue weighted by atomic mass is 19.1. The van der Waals surface area contributed by atoms with Gasteiger partial charge in [0.15, 0.2) is 0 Å². The fourth-order valence-corrected chi connectivity index (χ4v) is 3.09. The molecule has 136 valence electrons. The number of benzene rings is 1. The average molecular weight is 359 g/mol. The molecule has 1 aliphatic rings. The van der Waals surface area contributed by atoms with E-state index in [9.17, 15) is 23.9 Å². The molecule has 2 heterocycles. The number of fused-ring (bicyclic) bond motifs is 1. The minimum absolute atomic E-state index is 0.00200. The second-order valence-electron chi connectivity index (χ2n) is 6.22. The van der Waals surface area contributed by atoms with Gasteiger partial charge in [0.05, 0.1) is 6.04 Å². The molecule has 0 spiro atoms. The highest BCUT2D eigenvalue weighted by molar-refractivity contribution is 5.83. The molecule has 0 saturated heterocycles. The van der Waals surface area contributed by atoms with Gasteiger partial charge in [0.2, 0.25) is 5.56 Å². The van der Waals surface area contributed by atoms with Crippen LogP contribution in [0.5, 0.6) is 0 Å². The molecule has 7 nitrogen and oxygen atoms in total. The molecule has 2 atom stereocenters. The number of carbonyl (C=O) groups is 2. The maximum absolute atomic E-state index is 14.0. The Bertz CT molecular complexity index is 911. The van der Waals surface area contributed by atoms with E-state index in [-0.39, 0.29) is 18.5 Å². The summed E-state index contributed by atoms with van der Waals surface area (Å²) in [6, 6.07) is 5.27. The maximum atomic E-state index is 14.0. The number of hydrogen-bond acceptors (Lipinski definition) is 3. The van der Waals surface area contributed by atoms with Crippen LogP contribution >= 0.6 is 0 Å². The van der Waals surface area contributed by atoms with Crippen molar-refractivity contribution in [1.29, 1.82) is 0 Å². The van der Waals surface area contributed by atoms with Crippen LogP contribution in [0.2, 0.25) is 0 Å². The predicted octanol–water partition coefficient (Wildman–Crippen LogP) is 1.80. The topological polar surface area (TPSA) is 102 Å². The second kappa shape index (κ2) is 6.99. The Kier molecular flexibility index (Phi) is 4.75. The third-order valence-electron chi connectivity index (χ3n) is 4.52. The molecule has 3 N–H and O–H groups in total. The van der Waals surface area contributed by atoms with Gasteiger partial charge in [-0.25, -0.2) is 14.0 Å². The van der Waals surface area contributed by atoms with Crippen molar-refractivity contribution in [3.63, 3.8) is 0 Å². The minimum Gasteiger partial charge on any atom is -0.480 e. The highest BCUT2D eigenvalue weighted by Gasteiger charge is 2.36. The van der Waals surface area contributed by atoms with E-state index in [0.717, 1.165) is 0 Å². The van der Waals surface area contributed by atoms with Crippen LogP contribution in [-0.2, 0) is 17.8 Å². The molecule has 26 heavy (non-hydrogen) atoms. The summed E-state index contributed by atoms with van der Waals surface area (Å²) < 4.78 is 14.0. The fraction of sp³-hybridized carbons (Fsp3) is 0.278. The molecule has 0 saturated carbocycles. The van der Waals surface area contributed by atoms with E-state index in [0.29, 0.717) is 16.7 Å². The van der Waals surface area contributed by atoms with Crippen molar-refractivity contribution in [1.82, 2.24) is 15.2 Å². The molecular weight excluding hydrogens is 341 g/mol. The van der Waals surface area contributed by atoms with Crippen molar-refractivity contribution in [2.24, 2.45) is 0 Å². The summed E-state index contributed by atoms with van der Waals surface area (Å²) in [6.45, 7) is 1.69. The Hall–Kier alpha value is -3.16. The number of carboxylic acids is 1. The summed E-state index contributed by atoms with van der Waals surface area (Å²) in [6.07, 6.45) is 1.38. The van der Waals surface area contributed by atoms with Crippen molar-refractivity contribution in [2.45, 2.75) is 32.0 Å². The van der Waals surface area contributed by atoms with Crippen LogP contribution in [0.25, 0.3) is 0 Å². The van der Waals surface area contributed by atoms with Gasteiger partial charge in [-0.1, -0.05) is 12.1 Å². The first-order chi connectivity index (χ1) is 12.4. The third kappa shape index (κ3) is 3.44. The molecule has 8 heteroatoms. The van der Waals surface area contributed by atoms with Crippen molar-refractivity contribution in [3.05, 3.63) is 69.4 Å². The molecule has 1 aliphatic heterocycles. The molecule has 1 aromatic heterocycles. The largest absolute Gasteiger partial charge is 0.480 e. The highest BCUT2D eigenvalue weighted by Crippen LogP contribution is 2.26. The lowest BCUT2D eigenvalue weighted by molar-refractivity contribution is -0.142. The molecule has 2 amide bonds. The number of hydrogen-bond donors (Lipinski definition) is 3. The van der Waals surface area contributed by atoms with E-state index in [2.05, 4.69) is 10.3 Å². The SMILES string of the molecule is CC(NC(=O)N1Cc2cccc(F)c2CC1C(=O)O)c1cc[nH]c(=O)c1. The molecule has 0 radical (unpaired) electrons. The van der Waals surface area contributed by atoms with Crippen LogP contribution in [0.15, 0.2) is 41.3 Å². The summed E-state index contributed by atoms with van der Waals surface area (Å²) in [5.41, 5.74) is 1.21. The van der Waals surface area contributed by atoms with Crippen LogP contribution in [-0.4, -0.2) is 33.0 Å². The average Bonchev–Trinajstić information content (AvgIpc) is 2.61. The van der Waals surface area contributed by atoms with Crippen LogP contribution in [0.3, 0.4) is 0 Å². The van der Waals surface area contributed by atoms with Crippen molar-refractivity contribution in [2.75, 3.05) is 0 Å². The Morgan fingerprint density at radius 3 is 2.85 bits per heavy atom. The zero-order valence-corrected chi connectivity index (χ0v) is 14.0. The lowest BCUT2D eigenvalue weighted by atomic mass is 9.93. The summed E-state index contributed by atoms with van der Waals surface area (Å²) in [7, 11) is 0. The lowest BCUT2D eigenvalue weighted by Gasteiger charge is -2.35. The van der Waals surface area contributed by atoms with Gasteiger partial charge >= 0.3 is 12.0 Å². The van der Waals surface area contributed by atoms with Gasteiger partial charge in [-0.2, -0.15) is 0 Å². The minimum atomic E-state index is -1.20. The summed E-state index contributed by atoms with van der Waals surface area (Å²) >= 11 is 0. The van der Waals surface area contributed by atoms with Crippen molar-refractivity contribution >= 4 is 12.0 Å². The van der Waals surface area contributed by atoms with Gasteiger partial charge in [0.25, 0.3) is 0 Å². The molecule has 0 aliphatic carbocycles. The first kappa shape index (κ1) is 17.7. The number of aromatic amines is 1. The van der Waals surface area contributed by atoms with Crippen molar-refractivity contribution in [3.8, 4) is 0 Å². The number of H-pyrrole nitrogens is 1. The summed E-state index contributed by atoms with van der Waals surface area (Å²) in [5, 5.41) is 12.2. The monoisotopic (exact) mass is 359 g/mol. The van der Waals surface area contributed by atoms with Gasteiger partial charge in [0, 0.05) is 25.2 Å². The van der Waals surface area contributed by atoms with Crippen LogP contribution < -0.4 is 10.9 Å². The summed E-state index contributed by atoms with van der Waals surface area (Å²) in [5.74, 6) is -1.66. The second-order valence-corrected chi connectivity index (χ2v) is 6.22. The molecule has 2 unspecified atom stereocenters. The van der Waals surface area contributed by atoms with Crippen LogP contribution in [0, 0.1) is 5.82 Å². The number of carboxylic acid groups (broad SMARTS) is 1. The van der Waals surface area contributed by atoms with E-state index in [4.69, 9.17) is 0 Å².